The minimum Gasteiger partial charge on any atom is -0.465 e. The van der Waals surface area contributed by atoms with Crippen LogP contribution in [0.15, 0.2) is 52.8 Å². The minimum atomic E-state index is -0.504. The molecule has 0 aliphatic heterocycles. The van der Waals surface area contributed by atoms with Crippen molar-refractivity contribution in [3.8, 4) is 0 Å². The molecule has 1 aromatic heterocycles. The second-order valence-electron chi connectivity index (χ2n) is 4.87. The van der Waals surface area contributed by atoms with Crippen molar-refractivity contribution in [3.63, 3.8) is 0 Å². The van der Waals surface area contributed by atoms with Gasteiger partial charge in [-0.15, -0.1) is 0 Å². The lowest BCUT2D eigenvalue weighted by Gasteiger charge is -2.10. The fourth-order valence-electron chi connectivity index (χ4n) is 1.84. The molecule has 2 amide bonds. The van der Waals surface area contributed by atoms with Crippen molar-refractivity contribution in [1.82, 2.24) is 10.6 Å². The summed E-state index contributed by atoms with van der Waals surface area (Å²) in [7, 11) is 0. The van der Waals surface area contributed by atoms with Gasteiger partial charge in [-0.05, 0) is 31.2 Å². The molecule has 1 heterocycles. The van der Waals surface area contributed by atoms with Crippen LogP contribution in [0.25, 0.3) is 6.08 Å². The largest absolute Gasteiger partial charge is 0.465 e. The van der Waals surface area contributed by atoms with E-state index in [-0.39, 0.29) is 18.8 Å². The summed E-state index contributed by atoms with van der Waals surface area (Å²) in [5.74, 6) is -0.471. The molecule has 0 bridgehead atoms. The van der Waals surface area contributed by atoms with E-state index in [4.69, 9.17) is 9.52 Å². The zero-order chi connectivity index (χ0) is 16.7. The van der Waals surface area contributed by atoms with E-state index in [1.807, 2.05) is 19.1 Å². The number of hydrogen-bond donors (Lipinski definition) is 3. The summed E-state index contributed by atoms with van der Waals surface area (Å²) in [6, 6.07) is 10.3. The van der Waals surface area contributed by atoms with E-state index in [1.165, 1.54) is 12.3 Å². The van der Waals surface area contributed by atoms with E-state index in [9.17, 15) is 9.59 Å². The summed E-state index contributed by atoms with van der Waals surface area (Å²) in [6.07, 6.45) is 2.90. The molecule has 0 radical (unpaired) electrons. The van der Waals surface area contributed by atoms with Crippen LogP contribution in [0, 0.1) is 6.92 Å². The number of rotatable bonds is 6. The maximum Gasteiger partial charge on any atom is 0.268 e. The van der Waals surface area contributed by atoms with Crippen molar-refractivity contribution in [2.24, 2.45) is 0 Å². The van der Waals surface area contributed by atoms with Crippen LogP contribution in [0.2, 0.25) is 0 Å². The van der Waals surface area contributed by atoms with Gasteiger partial charge in [-0.3, -0.25) is 9.59 Å². The molecule has 23 heavy (non-hydrogen) atoms. The molecule has 0 aliphatic carbocycles. The fourth-order valence-corrected chi connectivity index (χ4v) is 1.84. The third-order valence-corrected chi connectivity index (χ3v) is 3.03. The van der Waals surface area contributed by atoms with Crippen molar-refractivity contribution >= 4 is 17.9 Å². The predicted octanol–water partition coefficient (Wildman–Crippen LogP) is 1.47. The molecule has 6 heteroatoms. The van der Waals surface area contributed by atoms with E-state index >= 15 is 0 Å². The average molecular weight is 314 g/mol. The highest BCUT2D eigenvalue weighted by Crippen LogP contribution is 2.08. The Hall–Kier alpha value is -2.86. The van der Waals surface area contributed by atoms with Gasteiger partial charge in [0.2, 0.25) is 0 Å². The Morgan fingerprint density at radius 3 is 2.57 bits per heavy atom. The average Bonchev–Trinajstić information content (AvgIpc) is 3.05. The maximum atomic E-state index is 12.3. The van der Waals surface area contributed by atoms with Crippen LogP contribution in [0.3, 0.4) is 0 Å². The normalized spacial score (nSPS) is 11.1. The molecule has 0 unspecified atom stereocenters. The number of benzene rings is 1. The third-order valence-electron chi connectivity index (χ3n) is 3.03. The van der Waals surface area contributed by atoms with Crippen LogP contribution in [0.5, 0.6) is 0 Å². The van der Waals surface area contributed by atoms with Crippen LogP contribution >= 0.6 is 0 Å². The second kappa shape index (κ2) is 7.95. The lowest BCUT2D eigenvalue weighted by Crippen LogP contribution is -2.36. The molecule has 0 saturated heterocycles. The number of aliphatic hydroxyl groups is 1. The van der Waals surface area contributed by atoms with Crippen LogP contribution in [-0.2, 0) is 4.79 Å². The highest BCUT2D eigenvalue weighted by Gasteiger charge is 2.14. The maximum absolute atomic E-state index is 12.3. The van der Waals surface area contributed by atoms with E-state index < -0.39 is 11.8 Å². The van der Waals surface area contributed by atoms with Gasteiger partial charge in [0.05, 0.1) is 12.9 Å². The number of aliphatic hydroxyl groups excluding tert-OH is 1. The predicted molar refractivity (Wildman–Crippen MR) is 85.4 cm³/mol. The number of nitrogens with one attached hydrogen (secondary N) is 2. The molecule has 0 aliphatic rings. The van der Waals surface area contributed by atoms with Crippen molar-refractivity contribution in [2.45, 2.75) is 6.92 Å². The Labute approximate surface area is 133 Å². The van der Waals surface area contributed by atoms with Crippen LogP contribution in [-0.4, -0.2) is 30.1 Å². The highest BCUT2D eigenvalue weighted by atomic mass is 16.3. The Bertz CT molecular complexity index is 688. The lowest BCUT2D eigenvalue weighted by atomic mass is 10.1. The molecule has 0 fully saturated rings. The van der Waals surface area contributed by atoms with Crippen molar-refractivity contribution in [1.29, 1.82) is 0 Å². The zero-order valence-electron chi connectivity index (χ0n) is 12.7. The number of furan rings is 1. The summed E-state index contributed by atoms with van der Waals surface area (Å²) < 4.78 is 5.16. The molecule has 1 aromatic carbocycles. The van der Waals surface area contributed by atoms with Gasteiger partial charge < -0.3 is 20.2 Å². The molecule has 0 saturated carbocycles. The summed E-state index contributed by atoms with van der Waals surface area (Å²) in [4.78, 5) is 24.4. The van der Waals surface area contributed by atoms with E-state index in [1.54, 1.807) is 24.3 Å². The van der Waals surface area contributed by atoms with Gasteiger partial charge in [0.1, 0.15) is 11.5 Å². The van der Waals surface area contributed by atoms with Crippen molar-refractivity contribution < 1.29 is 19.1 Å². The van der Waals surface area contributed by atoms with Gasteiger partial charge in [0, 0.05) is 18.2 Å². The van der Waals surface area contributed by atoms with E-state index in [2.05, 4.69) is 10.6 Å². The molecular weight excluding hydrogens is 296 g/mol. The second-order valence-corrected chi connectivity index (χ2v) is 4.87. The highest BCUT2D eigenvalue weighted by molar-refractivity contribution is 6.05. The Morgan fingerprint density at radius 2 is 1.96 bits per heavy atom. The Balaban J connectivity index is 2.18. The molecule has 120 valence electrons. The van der Waals surface area contributed by atoms with Gasteiger partial charge in [-0.1, -0.05) is 17.7 Å². The van der Waals surface area contributed by atoms with Crippen molar-refractivity contribution in [2.75, 3.05) is 13.2 Å². The lowest BCUT2D eigenvalue weighted by molar-refractivity contribution is -0.117. The summed E-state index contributed by atoms with van der Waals surface area (Å²) in [5.41, 5.74) is 1.52. The Morgan fingerprint density at radius 1 is 1.22 bits per heavy atom. The third kappa shape index (κ3) is 4.82. The van der Waals surface area contributed by atoms with E-state index in [0.29, 0.717) is 11.3 Å². The first-order valence-corrected chi connectivity index (χ1v) is 7.12. The monoisotopic (exact) mass is 314 g/mol. The minimum absolute atomic E-state index is 0.0407. The number of aryl methyl sites for hydroxylation is 1. The van der Waals surface area contributed by atoms with Crippen LogP contribution in [0.4, 0.5) is 0 Å². The standard InChI is InChI=1S/C17H18N2O4/c1-12-4-6-13(7-5-12)16(21)19-15(17(22)18-8-9-20)11-14-3-2-10-23-14/h2-7,10-11,20H,8-9H2,1H3,(H,18,22)(H,19,21)/b15-11-. The molecule has 3 N–H and O–H groups in total. The molecule has 0 spiro atoms. The van der Waals surface area contributed by atoms with Crippen molar-refractivity contribution in [3.05, 3.63) is 65.2 Å². The van der Waals surface area contributed by atoms with Gasteiger partial charge in [0.25, 0.3) is 11.8 Å². The van der Waals surface area contributed by atoms with Gasteiger partial charge in [0.15, 0.2) is 0 Å². The number of hydrogen-bond acceptors (Lipinski definition) is 4. The number of amides is 2. The summed E-state index contributed by atoms with van der Waals surface area (Å²) >= 11 is 0. The SMILES string of the molecule is Cc1ccc(C(=O)N/C(=C\c2ccco2)C(=O)NCCO)cc1. The quantitative estimate of drug-likeness (QED) is 0.704. The first-order chi connectivity index (χ1) is 11.1. The molecule has 2 aromatic rings. The van der Waals surface area contributed by atoms with Gasteiger partial charge >= 0.3 is 0 Å². The number of carbonyl (C=O) groups excluding carboxylic acids is 2. The molecular formula is C17H18N2O4. The van der Waals surface area contributed by atoms with Gasteiger partial charge in [-0.25, -0.2) is 0 Å². The van der Waals surface area contributed by atoms with Crippen LogP contribution in [0.1, 0.15) is 21.7 Å². The first kappa shape index (κ1) is 16.5. The smallest absolute Gasteiger partial charge is 0.268 e. The number of carbonyl (C=O) groups is 2. The summed E-state index contributed by atoms with van der Waals surface area (Å²) in [5, 5.41) is 13.9. The molecule has 6 nitrogen and oxygen atoms in total. The molecule has 0 atom stereocenters. The first-order valence-electron chi connectivity index (χ1n) is 7.12. The zero-order valence-corrected chi connectivity index (χ0v) is 12.7. The summed E-state index contributed by atoms with van der Waals surface area (Å²) in [6.45, 7) is 1.83. The topological polar surface area (TPSA) is 91.6 Å². The molecule has 2 rings (SSSR count). The fraction of sp³-hybridized carbons (Fsp3) is 0.176. The van der Waals surface area contributed by atoms with E-state index in [0.717, 1.165) is 5.56 Å². The van der Waals surface area contributed by atoms with Gasteiger partial charge in [-0.2, -0.15) is 0 Å². The van der Waals surface area contributed by atoms with Crippen LogP contribution < -0.4 is 10.6 Å². The Kier molecular flexibility index (Phi) is 5.71.